The van der Waals surface area contributed by atoms with Crippen molar-refractivity contribution in [2.24, 2.45) is 0 Å². The number of benzene rings is 7. The summed E-state index contributed by atoms with van der Waals surface area (Å²) in [5, 5.41) is 56.3. The number of rotatable bonds is 14. The Morgan fingerprint density at radius 2 is 0.733 bits per heavy atom. The van der Waals surface area contributed by atoms with Gasteiger partial charge < -0.3 is 32.4 Å². The Balaban J connectivity index is 0.000000133. The third-order valence-electron chi connectivity index (χ3n) is 20.5. The maximum absolute atomic E-state index is 12.9. The molecule has 0 amide bonds. The van der Waals surface area contributed by atoms with E-state index >= 15 is 0 Å². The van der Waals surface area contributed by atoms with Crippen molar-refractivity contribution in [1.29, 1.82) is 26.3 Å². The minimum absolute atomic E-state index is 0.0272. The summed E-state index contributed by atoms with van der Waals surface area (Å²) in [5.41, 5.74) is 23.0. The first kappa shape index (κ1) is 83.6. The summed E-state index contributed by atoms with van der Waals surface area (Å²) in [7, 11) is -2.65. The standard InChI is InChI=1S/C32H31N3OSi.C16H10F2IN3.C16H11F2N3.C16H13N3O.C16H11N3O/c1-24-19-30-31(35(24)27-17-15-25(21-33)16-18-27)20-26(22-34-30)23-36-37(32(2,3)4,28-11-7-5-8-12-28)29-13-9-6-10-14-29;1-9-14(19)15-13(6-11(8-21-15)16(17)18)22(9)12-4-2-10(7-20)3-5-12;1-10-6-14-15(7-12(9-20-14)16(17)18)21(10)13-4-2-11(8-19)3-5-13;2*1-11-6-15-16(7-13(10-20)9-18-15)19(11)14-4-2-12(8-17)3-5-14/h5-20,22H,23H2,1-4H3;2-6,8,16H,1H3;2-7,9,16H,1H3;2-7,9,20H,10H2,1H3;2-7,9-10H,1H3. The average molecular weight is 1720 g/mol. The van der Waals surface area contributed by atoms with Crippen LogP contribution >= 0.6 is 22.6 Å². The van der Waals surface area contributed by atoms with Crippen LogP contribution in [0.3, 0.4) is 0 Å². The van der Waals surface area contributed by atoms with Crippen LogP contribution in [0.15, 0.2) is 268 Å². The number of nitrogens with zero attached hydrogens (tertiary/aromatic N) is 15. The Morgan fingerprint density at radius 3 is 1.08 bits per heavy atom. The fourth-order valence-electron chi connectivity index (χ4n) is 14.7. The van der Waals surface area contributed by atoms with Gasteiger partial charge in [0.1, 0.15) is 5.52 Å². The second-order valence-corrected chi connectivity index (χ2v) is 34.7. The van der Waals surface area contributed by atoms with Crippen molar-refractivity contribution in [2.75, 3.05) is 0 Å². The highest BCUT2D eigenvalue weighted by Crippen LogP contribution is 2.39. The molecule has 10 aromatic heterocycles. The summed E-state index contributed by atoms with van der Waals surface area (Å²) in [6.07, 6.45) is 3.29. The quantitative estimate of drug-likeness (QED) is 0.0460. The van der Waals surface area contributed by atoms with Gasteiger partial charge in [0.15, 0.2) is 6.29 Å². The second-order valence-electron chi connectivity index (χ2n) is 29.3. The number of fused-ring (bicyclic) bond motifs is 5. The molecule has 0 unspecified atom stereocenters. The normalized spacial score (nSPS) is 11.2. The van der Waals surface area contributed by atoms with E-state index in [0.717, 1.165) is 111 Å². The van der Waals surface area contributed by atoms with Gasteiger partial charge >= 0.3 is 0 Å². The van der Waals surface area contributed by atoms with Crippen LogP contribution in [-0.4, -0.2) is 67.5 Å². The van der Waals surface area contributed by atoms with Crippen LogP contribution in [0.4, 0.5) is 17.6 Å². The lowest BCUT2D eigenvalue weighted by Crippen LogP contribution is -2.66. The molecule has 0 aliphatic carbocycles. The number of halogens is 5. The lowest BCUT2D eigenvalue weighted by molar-refractivity contribution is 0.112. The molecule has 0 saturated heterocycles. The highest BCUT2D eigenvalue weighted by molar-refractivity contribution is 14.1. The van der Waals surface area contributed by atoms with Crippen molar-refractivity contribution < 1.29 is 31.9 Å². The molecule has 0 fully saturated rings. The lowest BCUT2D eigenvalue weighted by Gasteiger charge is -2.43. The Morgan fingerprint density at radius 1 is 0.417 bits per heavy atom. The van der Waals surface area contributed by atoms with E-state index in [0.29, 0.717) is 62.1 Å². The number of aliphatic hydroxyl groups is 1. The van der Waals surface area contributed by atoms with E-state index in [1.807, 2.05) is 126 Å². The zero-order valence-electron chi connectivity index (χ0n) is 66.4. The first-order valence-corrected chi connectivity index (χ1v) is 40.9. The molecular formula is C96H76F4IN15O3Si. The number of carbonyl (C=O) groups is 1. The maximum atomic E-state index is 12.9. The van der Waals surface area contributed by atoms with Crippen LogP contribution < -0.4 is 10.4 Å². The van der Waals surface area contributed by atoms with Gasteiger partial charge in [-0.2, -0.15) is 26.3 Å². The van der Waals surface area contributed by atoms with Gasteiger partial charge in [-0.05, 0) is 260 Å². The number of aliphatic hydroxyl groups excluding tert-OH is 1. The minimum atomic E-state index is -2.65. The molecule has 24 heteroatoms. The highest BCUT2D eigenvalue weighted by atomic mass is 127. The first-order chi connectivity index (χ1) is 57.9. The van der Waals surface area contributed by atoms with Gasteiger partial charge in [0.2, 0.25) is 0 Å². The second kappa shape index (κ2) is 36.5. The van der Waals surface area contributed by atoms with E-state index in [2.05, 4.69) is 182 Å². The van der Waals surface area contributed by atoms with Crippen LogP contribution in [0, 0.1) is 94.8 Å². The topological polar surface area (TPSA) is 255 Å². The monoisotopic (exact) mass is 1720 g/mol. The average Bonchev–Trinajstić information content (AvgIpc) is 1.49. The minimum Gasteiger partial charge on any atom is -0.403 e. The van der Waals surface area contributed by atoms with Crippen LogP contribution in [-0.2, 0) is 17.6 Å². The van der Waals surface area contributed by atoms with Gasteiger partial charge in [-0.3, -0.25) is 29.7 Å². The molecule has 0 saturated carbocycles. The Labute approximate surface area is 704 Å². The fourth-order valence-corrected chi connectivity index (χ4v) is 19.9. The fraction of sp³-hybridized carbons (Fsp3) is 0.135. The summed E-state index contributed by atoms with van der Waals surface area (Å²) in [6.45, 7) is 17.2. The van der Waals surface area contributed by atoms with E-state index in [1.165, 1.54) is 34.9 Å². The molecule has 0 spiro atoms. The summed E-state index contributed by atoms with van der Waals surface area (Å²) in [6, 6.07) is 85.2. The van der Waals surface area contributed by atoms with E-state index in [1.54, 1.807) is 85.2 Å². The molecule has 17 rings (SSSR count). The van der Waals surface area contributed by atoms with E-state index in [4.69, 9.17) is 30.5 Å². The smallest absolute Gasteiger partial charge is 0.265 e. The Hall–Kier alpha value is -14.3. The van der Waals surface area contributed by atoms with Gasteiger partial charge in [-0.15, -0.1) is 0 Å². The molecular weight excluding hydrogens is 1640 g/mol. The van der Waals surface area contributed by atoms with Crippen molar-refractivity contribution >= 4 is 103 Å². The van der Waals surface area contributed by atoms with Gasteiger partial charge in [-0.25, -0.2) is 17.6 Å². The third kappa shape index (κ3) is 17.5. The number of pyridine rings is 5. The number of hydrogen-bond donors (Lipinski definition) is 1. The number of alkyl halides is 4. The van der Waals surface area contributed by atoms with Crippen molar-refractivity contribution in [2.45, 2.75) is 86.5 Å². The molecule has 0 bridgehead atoms. The lowest BCUT2D eigenvalue weighted by atomic mass is 10.2. The molecule has 17 aromatic rings. The Kier molecular flexibility index (Phi) is 25.4. The van der Waals surface area contributed by atoms with Crippen molar-refractivity contribution in [3.05, 3.63) is 355 Å². The molecule has 120 heavy (non-hydrogen) atoms. The third-order valence-corrected chi connectivity index (χ3v) is 26.7. The van der Waals surface area contributed by atoms with Crippen LogP contribution in [0.5, 0.6) is 0 Å². The number of nitriles is 5. The van der Waals surface area contributed by atoms with Crippen LogP contribution in [0.1, 0.15) is 123 Å². The summed E-state index contributed by atoms with van der Waals surface area (Å²) >= 11 is 2.17. The molecule has 0 atom stereocenters. The molecule has 0 aliphatic heterocycles. The van der Waals surface area contributed by atoms with E-state index in [-0.39, 0.29) is 22.8 Å². The zero-order chi connectivity index (χ0) is 85.1. The number of hydrogen-bond acceptors (Lipinski definition) is 13. The first-order valence-electron chi connectivity index (χ1n) is 37.9. The maximum Gasteiger partial charge on any atom is 0.265 e. The Bertz CT molecular complexity index is 6810. The van der Waals surface area contributed by atoms with Crippen molar-refractivity contribution in [1.82, 2.24) is 47.8 Å². The molecule has 10 heterocycles. The molecule has 0 radical (unpaired) electrons. The van der Waals surface area contributed by atoms with Crippen LogP contribution in [0.25, 0.3) is 83.6 Å². The highest BCUT2D eigenvalue weighted by Gasteiger charge is 2.50. The van der Waals surface area contributed by atoms with Gasteiger partial charge in [0.25, 0.3) is 21.2 Å². The molecule has 18 nitrogen and oxygen atoms in total. The number of aldehydes is 1. The number of aryl methyl sites for hydroxylation is 4. The zero-order valence-corrected chi connectivity index (χ0v) is 69.6. The summed E-state index contributed by atoms with van der Waals surface area (Å²) in [5.74, 6) is 0. The SMILES string of the molecule is Cc1c(I)c2ncc(C(F)F)cc2n1-c1ccc(C#N)cc1.Cc1cc2ncc(C(F)F)cc2n1-c1ccc(C#N)cc1.Cc1cc2ncc(C=O)cc2n1-c1ccc(C#N)cc1.Cc1cc2ncc(CO)cc2n1-c1ccc(C#N)cc1.Cc1cc2ncc(CO[Si](c3ccccc3)(c3ccccc3)C(C)(C)C)cc2n1-c1ccc(C#N)cc1. The van der Waals surface area contributed by atoms with Gasteiger partial charge in [0.05, 0.1) is 125 Å². The predicted molar refractivity (Wildman–Crippen MR) is 469 cm³/mol. The van der Waals surface area contributed by atoms with Crippen LogP contribution in [0.2, 0.25) is 5.04 Å². The van der Waals surface area contributed by atoms with E-state index in [9.17, 15) is 32.7 Å². The molecule has 7 aromatic carbocycles. The summed E-state index contributed by atoms with van der Waals surface area (Å²) in [4.78, 5) is 32.6. The number of aromatic nitrogens is 10. The van der Waals surface area contributed by atoms with Crippen molar-refractivity contribution in [3.8, 4) is 58.8 Å². The van der Waals surface area contributed by atoms with Gasteiger partial charge in [0, 0.05) is 105 Å². The molecule has 592 valence electrons. The predicted octanol–water partition coefficient (Wildman–Crippen LogP) is 20.9. The largest absolute Gasteiger partial charge is 0.403 e. The van der Waals surface area contributed by atoms with E-state index < -0.39 is 21.2 Å². The molecule has 0 aliphatic rings. The van der Waals surface area contributed by atoms with Gasteiger partial charge in [-0.1, -0.05) is 81.4 Å². The van der Waals surface area contributed by atoms with Crippen molar-refractivity contribution in [3.63, 3.8) is 0 Å². The molecule has 1 N–H and O–H groups in total. The number of carbonyl (C=O) groups excluding carboxylic acids is 1. The summed E-state index contributed by atoms with van der Waals surface area (Å²) < 4.78 is 69.7.